The molecule has 0 unspecified atom stereocenters. The number of thiophene rings is 1. The molecule has 2 N–H and O–H groups in total. The van der Waals surface area contributed by atoms with Crippen molar-refractivity contribution >= 4 is 27.2 Å². The molecule has 4 aromatic rings. The van der Waals surface area contributed by atoms with E-state index in [1.165, 1.54) is 45.7 Å². The number of anilines is 1. The van der Waals surface area contributed by atoms with E-state index in [9.17, 15) is 0 Å². The van der Waals surface area contributed by atoms with Gasteiger partial charge >= 0.3 is 0 Å². The highest BCUT2D eigenvalue weighted by Gasteiger charge is 2.23. The Bertz CT molecular complexity index is 1080. The zero-order chi connectivity index (χ0) is 17.5. The molecule has 5 rings (SSSR count). The van der Waals surface area contributed by atoms with Gasteiger partial charge in [0.15, 0.2) is 0 Å². The van der Waals surface area contributed by atoms with Crippen molar-refractivity contribution in [2.75, 3.05) is 5.73 Å². The number of benzene rings is 2. The largest absolute Gasteiger partial charge is 0.398 e. The third-order valence-electron chi connectivity index (χ3n) is 5.26. The van der Waals surface area contributed by atoms with Crippen molar-refractivity contribution in [1.82, 2.24) is 4.98 Å². The fourth-order valence-corrected chi connectivity index (χ4v) is 5.24. The fraction of sp³-hybridized carbons (Fsp3) is 0.174. The number of aryl methyl sites for hydroxylation is 1. The van der Waals surface area contributed by atoms with Gasteiger partial charge in [0.05, 0.1) is 0 Å². The van der Waals surface area contributed by atoms with E-state index in [4.69, 9.17) is 10.7 Å². The maximum atomic E-state index is 6.74. The Morgan fingerprint density at radius 2 is 1.46 bits per heavy atom. The summed E-state index contributed by atoms with van der Waals surface area (Å²) in [4.78, 5) is 7.38. The van der Waals surface area contributed by atoms with Crippen LogP contribution in [0, 0.1) is 0 Å². The first kappa shape index (κ1) is 15.6. The van der Waals surface area contributed by atoms with Gasteiger partial charge in [0.2, 0.25) is 0 Å². The smallest absolute Gasteiger partial charge is 0.126 e. The Morgan fingerprint density at radius 3 is 2.19 bits per heavy atom. The number of nitrogens with two attached hydrogens (primary N) is 1. The molecule has 1 aliphatic rings. The zero-order valence-corrected chi connectivity index (χ0v) is 15.4. The average Bonchev–Trinajstić information content (AvgIpc) is 3.09. The quantitative estimate of drug-likeness (QED) is 0.472. The van der Waals surface area contributed by atoms with Crippen molar-refractivity contribution in [2.24, 2.45) is 0 Å². The van der Waals surface area contributed by atoms with Crippen molar-refractivity contribution < 1.29 is 0 Å². The summed E-state index contributed by atoms with van der Waals surface area (Å²) >= 11 is 1.77. The Morgan fingerprint density at radius 1 is 0.808 bits per heavy atom. The SMILES string of the molecule is Nc1c2c(nc3sc(-c4ccccc4)c(-c4ccccc4)c13)CCCC2. The second kappa shape index (κ2) is 6.26. The Hall–Kier alpha value is -2.65. The van der Waals surface area contributed by atoms with Gasteiger partial charge in [-0.25, -0.2) is 4.98 Å². The summed E-state index contributed by atoms with van der Waals surface area (Å²) in [6.07, 6.45) is 4.53. The highest BCUT2D eigenvalue weighted by molar-refractivity contribution is 7.22. The predicted octanol–water partition coefficient (Wildman–Crippen LogP) is 6.09. The van der Waals surface area contributed by atoms with Crippen LogP contribution in [0.2, 0.25) is 0 Å². The third-order valence-corrected chi connectivity index (χ3v) is 6.39. The van der Waals surface area contributed by atoms with Gasteiger partial charge in [-0.05, 0) is 42.4 Å². The van der Waals surface area contributed by atoms with Gasteiger partial charge in [0.25, 0.3) is 0 Å². The number of hydrogen-bond donors (Lipinski definition) is 1. The third kappa shape index (κ3) is 2.43. The monoisotopic (exact) mass is 356 g/mol. The Labute approximate surface area is 157 Å². The summed E-state index contributed by atoms with van der Waals surface area (Å²) in [5.41, 5.74) is 13.8. The second-order valence-electron chi connectivity index (χ2n) is 6.88. The average molecular weight is 356 g/mol. The first-order valence-corrected chi connectivity index (χ1v) is 9.99. The highest BCUT2D eigenvalue weighted by atomic mass is 32.1. The van der Waals surface area contributed by atoms with E-state index in [1.807, 2.05) is 0 Å². The second-order valence-corrected chi connectivity index (χ2v) is 7.88. The molecule has 3 heteroatoms. The summed E-state index contributed by atoms with van der Waals surface area (Å²) in [5.74, 6) is 0. The van der Waals surface area contributed by atoms with Crippen LogP contribution in [-0.4, -0.2) is 4.98 Å². The van der Waals surface area contributed by atoms with Gasteiger partial charge in [0.1, 0.15) is 4.83 Å². The van der Waals surface area contributed by atoms with E-state index in [-0.39, 0.29) is 0 Å². The minimum Gasteiger partial charge on any atom is -0.398 e. The first-order chi connectivity index (χ1) is 12.8. The number of nitrogen functional groups attached to an aromatic ring is 1. The molecule has 0 amide bonds. The Balaban J connectivity index is 1.88. The molecule has 0 fully saturated rings. The normalized spacial score (nSPS) is 13.7. The van der Waals surface area contributed by atoms with E-state index < -0.39 is 0 Å². The molecule has 26 heavy (non-hydrogen) atoms. The van der Waals surface area contributed by atoms with Crippen molar-refractivity contribution in [3.05, 3.63) is 71.9 Å². The summed E-state index contributed by atoms with van der Waals surface area (Å²) < 4.78 is 0. The van der Waals surface area contributed by atoms with Crippen molar-refractivity contribution in [1.29, 1.82) is 0 Å². The standard InChI is InChI=1S/C23H20N2S/c24-21-17-13-7-8-14-18(17)25-23-20(21)19(15-9-3-1-4-10-15)22(26-23)16-11-5-2-6-12-16/h1-6,9-12H,7-8,13-14H2,(H2,24,25). The minimum absolute atomic E-state index is 0.946. The molecule has 1 aliphatic carbocycles. The van der Waals surface area contributed by atoms with E-state index in [1.54, 1.807) is 11.3 Å². The van der Waals surface area contributed by atoms with Crippen LogP contribution < -0.4 is 5.73 Å². The lowest BCUT2D eigenvalue weighted by atomic mass is 9.91. The lowest BCUT2D eigenvalue weighted by molar-refractivity contribution is 0.673. The lowest BCUT2D eigenvalue weighted by Crippen LogP contribution is -2.08. The fourth-order valence-electron chi connectivity index (χ4n) is 4.00. The van der Waals surface area contributed by atoms with Gasteiger partial charge < -0.3 is 5.73 Å². The van der Waals surface area contributed by atoms with Gasteiger partial charge in [-0.1, -0.05) is 60.7 Å². The molecule has 128 valence electrons. The number of rotatable bonds is 2. The maximum absolute atomic E-state index is 6.74. The molecule has 2 aromatic heterocycles. The zero-order valence-electron chi connectivity index (χ0n) is 14.5. The summed E-state index contributed by atoms with van der Waals surface area (Å²) in [6, 6.07) is 21.2. The summed E-state index contributed by atoms with van der Waals surface area (Å²) in [5, 5.41) is 1.14. The van der Waals surface area contributed by atoms with Crippen LogP contribution >= 0.6 is 11.3 Å². The van der Waals surface area contributed by atoms with Crippen LogP contribution in [0.3, 0.4) is 0 Å². The molecular weight excluding hydrogens is 336 g/mol. The summed E-state index contributed by atoms with van der Waals surface area (Å²) in [7, 11) is 0. The predicted molar refractivity (Wildman–Crippen MR) is 112 cm³/mol. The number of nitrogens with zero attached hydrogens (tertiary/aromatic N) is 1. The van der Waals surface area contributed by atoms with E-state index >= 15 is 0 Å². The van der Waals surface area contributed by atoms with Crippen LogP contribution in [0.15, 0.2) is 60.7 Å². The number of pyridine rings is 1. The topological polar surface area (TPSA) is 38.9 Å². The van der Waals surface area contributed by atoms with Gasteiger partial charge in [-0.15, -0.1) is 11.3 Å². The summed E-state index contributed by atoms with van der Waals surface area (Å²) in [6.45, 7) is 0. The van der Waals surface area contributed by atoms with Crippen LogP contribution in [0.25, 0.3) is 31.8 Å². The maximum Gasteiger partial charge on any atom is 0.126 e. The number of fused-ring (bicyclic) bond motifs is 2. The minimum atomic E-state index is 0.946. The molecule has 0 aliphatic heterocycles. The van der Waals surface area contributed by atoms with Gasteiger partial charge in [0, 0.05) is 27.2 Å². The van der Waals surface area contributed by atoms with Crippen LogP contribution in [0.1, 0.15) is 24.1 Å². The molecule has 0 bridgehead atoms. The van der Waals surface area contributed by atoms with Crippen molar-refractivity contribution in [3.63, 3.8) is 0 Å². The lowest BCUT2D eigenvalue weighted by Gasteiger charge is -2.18. The van der Waals surface area contributed by atoms with E-state index in [0.29, 0.717) is 0 Å². The number of hydrogen-bond acceptors (Lipinski definition) is 3. The molecule has 0 saturated carbocycles. The molecule has 2 aromatic carbocycles. The van der Waals surface area contributed by atoms with E-state index in [2.05, 4.69) is 60.7 Å². The molecule has 0 atom stereocenters. The molecular formula is C23H20N2S. The van der Waals surface area contributed by atoms with E-state index in [0.717, 1.165) is 28.7 Å². The van der Waals surface area contributed by atoms with Crippen LogP contribution in [-0.2, 0) is 12.8 Å². The van der Waals surface area contributed by atoms with Gasteiger partial charge in [-0.3, -0.25) is 0 Å². The van der Waals surface area contributed by atoms with Crippen molar-refractivity contribution in [2.45, 2.75) is 25.7 Å². The molecule has 2 nitrogen and oxygen atoms in total. The first-order valence-electron chi connectivity index (χ1n) is 9.17. The van der Waals surface area contributed by atoms with Crippen molar-refractivity contribution in [3.8, 4) is 21.6 Å². The Kier molecular flexibility index (Phi) is 3.75. The van der Waals surface area contributed by atoms with Crippen LogP contribution in [0.4, 0.5) is 5.69 Å². The molecule has 2 heterocycles. The highest BCUT2D eigenvalue weighted by Crippen LogP contribution is 2.47. The van der Waals surface area contributed by atoms with Gasteiger partial charge in [-0.2, -0.15) is 0 Å². The van der Waals surface area contributed by atoms with Crippen LogP contribution in [0.5, 0.6) is 0 Å². The number of aromatic nitrogens is 1. The molecule has 0 spiro atoms. The molecule has 0 saturated heterocycles. The molecule has 0 radical (unpaired) electrons.